The van der Waals surface area contributed by atoms with E-state index in [1.807, 2.05) is 31.1 Å². The van der Waals surface area contributed by atoms with Crippen LogP contribution in [0, 0.1) is 23.2 Å². The van der Waals surface area contributed by atoms with E-state index in [0.29, 0.717) is 23.4 Å². The highest BCUT2D eigenvalue weighted by atomic mass is 16.2. The van der Waals surface area contributed by atoms with E-state index >= 15 is 0 Å². The van der Waals surface area contributed by atoms with Crippen molar-refractivity contribution in [1.29, 1.82) is 0 Å². The molecule has 6 heteroatoms. The number of nitrogens with two attached hydrogens (primary N) is 1. The molecule has 6 nitrogen and oxygen atoms in total. The van der Waals surface area contributed by atoms with Crippen LogP contribution in [-0.2, 0) is 4.79 Å². The molecule has 0 saturated heterocycles. The lowest BCUT2D eigenvalue weighted by atomic mass is 9.47. The molecular formula is C19H26N4O2. The first-order chi connectivity index (χ1) is 11.9. The molecule has 4 bridgehead atoms. The van der Waals surface area contributed by atoms with E-state index in [-0.39, 0.29) is 23.3 Å². The van der Waals surface area contributed by atoms with Crippen LogP contribution >= 0.6 is 0 Å². The zero-order valence-corrected chi connectivity index (χ0v) is 14.9. The zero-order chi connectivity index (χ0) is 17.8. The van der Waals surface area contributed by atoms with Crippen molar-refractivity contribution in [2.45, 2.75) is 38.1 Å². The lowest BCUT2D eigenvalue weighted by Crippen LogP contribution is -2.62. The second-order valence-electron chi connectivity index (χ2n) is 8.39. The van der Waals surface area contributed by atoms with Gasteiger partial charge in [-0.25, -0.2) is 4.98 Å². The molecule has 4 saturated carbocycles. The third kappa shape index (κ3) is 2.68. The molecular weight excluding hydrogens is 316 g/mol. The molecule has 2 atom stereocenters. The Bertz CT molecular complexity index is 701. The molecule has 1 aromatic rings. The van der Waals surface area contributed by atoms with Crippen molar-refractivity contribution in [3.63, 3.8) is 0 Å². The van der Waals surface area contributed by atoms with Crippen LogP contribution in [0.1, 0.15) is 42.6 Å². The summed E-state index contributed by atoms with van der Waals surface area (Å²) in [5.74, 6) is 1.82. The molecule has 1 heterocycles. The summed E-state index contributed by atoms with van der Waals surface area (Å²) in [6.07, 6.45) is 4.79. The van der Waals surface area contributed by atoms with E-state index in [9.17, 15) is 9.59 Å². The van der Waals surface area contributed by atoms with Gasteiger partial charge in [0.1, 0.15) is 11.5 Å². The van der Waals surface area contributed by atoms with Gasteiger partial charge in [-0.2, -0.15) is 0 Å². The third-order valence-corrected chi connectivity index (χ3v) is 6.52. The van der Waals surface area contributed by atoms with Crippen molar-refractivity contribution in [1.82, 2.24) is 10.3 Å². The maximum Gasteiger partial charge on any atom is 0.270 e. The maximum atomic E-state index is 12.7. The second-order valence-corrected chi connectivity index (χ2v) is 8.39. The highest BCUT2D eigenvalue weighted by Crippen LogP contribution is 2.59. The van der Waals surface area contributed by atoms with Crippen molar-refractivity contribution < 1.29 is 9.59 Å². The summed E-state index contributed by atoms with van der Waals surface area (Å²) in [6, 6.07) is 5.64. The number of aromatic nitrogens is 1. The number of hydrogen-bond acceptors (Lipinski definition) is 4. The van der Waals surface area contributed by atoms with Gasteiger partial charge in [-0.1, -0.05) is 6.07 Å². The highest BCUT2D eigenvalue weighted by Gasteiger charge is 2.58. The van der Waals surface area contributed by atoms with Crippen LogP contribution < -0.4 is 16.0 Å². The average molecular weight is 342 g/mol. The van der Waals surface area contributed by atoms with Gasteiger partial charge < -0.3 is 16.0 Å². The number of carbonyl (C=O) groups is 2. The van der Waals surface area contributed by atoms with Gasteiger partial charge in [0.05, 0.1) is 0 Å². The summed E-state index contributed by atoms with van der Waals surface area (Å²) < 4.78 is 0. The minimum atomic E-state index is -0.319. The summed E-state index contributed by atoms with van der Waals surface area (Å²) in [4.78, 5) is 31.1. The fourth-order valence-corrected chi connectivity index (χ4v) is 5.59. The van der Waals surface area contributed by atoms with Crippen molar-refractivity contribution in [3.8, 4) is 0 Å². The standard InChI is InChI=1S/C19H26N4O2/c1-23(2)15-5-3-4-14(21-15)17(24)22-16-12-6-11-7-13(16)10-19(8-11,9-12)18(20)25/h3-5,11-13,16H,6-10H2,1-2H3,(H2,20,25)(H,22,24)/t11?,12?,13?,16-,19-. The topological polar surface area (TPSA) is 88.3 Å². The summed E-state index contributed by atoms with van der Waals surface area (Å²) in [5.41, 5.74) is 5.86. The number of nitrogens with zero attached hydrogens (tertiary/aromatic N) is 2. The summed E-state index contributed by atoms with van der Waals surface area (Å²) >= 11 is 0. The van der Waals surface area contributed by atoms with E-state index in [1.165, 1.54) is 0 Å². The van der Waals surface area contributed by atoms with Gasteiger partial charge in [-0.15, -0.1) is 0 Å². The molecule has 2 unspecified atom stereocenters. The van der Waals surface area contributed by atoms with Gasteiger partial charge in [0.2, 0.25) is 5.91 Å². The van der Waals surface area contributed by atoms with Gasteiger partial charge in [-0.05, 0) is 62.0 Å². The first kappa shape index (κ1) is 16.4. The monoisotopic (exact) mass is 342 g/mol. The van der Waals surface area contributed by atoms with E-state index in [2.05, 4.69) is 10.3 Å². The molecule has 0 radical (unpaired) electrons. The van der Waals surface area contributed by atoms with Gasteiger partial charge in [0, 0.05) is 25.6 Å². The fourth-order valence-electron chi connectivity index (χ4n) is 5.59. The number of anilines is 1. The average Bonchev–Trinajstić information content (AvgIpc) is 2.57. The smallest absolute Gasteiger partial charge is 0.270 e. The Morgan fingerprint density at radius 2 is 1.88 bits per heavy atom. The Hall–Kier alpha value is -2.11. The lowest BCUT2D eigenvalue weighted by Gasteiger charge is -2.58. The maximum absolute atomic E-state index is 12.7. The fraction of sp³-hybridized carbons (Fsp3) is 0.632. The normalized spacial score (nSPS) is 35.4. The van der Waals surface area contributed by atoms with Crippen LogP contribution in [0.5, 0.6) is 0 Å². The van der Waals surface area contributed by atoms with Crippen LogP contribution in [0.25, 0.3) is 0 Å². The van der Waals surface area contributed by atoms with Crippen LogP contribution in [0.4, 0.5) is 5.82 Å². The Morgan fingerprint density at radius 3 is 2.48 bits per heavy atom. The molecule has 2 amide bonds. The second kappa shape index (κ2) is 5.71. The van der Waals surface area contributed by atoms with Crippen molar-refractivity contribution in [2.24, 2.45) is 28.9 Å². The molecule has 134 valence electrons. The Morgan fingerprint density at radius 1 is 1.20 bits per heavy atom. The van der Waals surface area contributed by atoms with E-state index in [1.54, 1.807) is 6.07 Å². The third-order valence-electron chi connectivity index (χ3n) is 6.52. The molecule has 0 aliphatic heterocycles. The molecule has 1 aromatic heterocycles. The number of carbonyl (C=O) groups excluding carboxylic acids is 2. The number of nitrogens with one attached hydrogen (secondary N) is 1. The molecule has 25 heavy (non-hydrogen) atoms. The van der Waals surface area contributed by atoms with Crippen LogP contribution in [0.15, 0.2) is 18.2 Å². The number of rotatable bonds is 4. The summed E-state index contributed by atoms with van der Waals surface area (Å²) in [7, 11) is 3.82. The van der Waals surface area contributed by atoms with Crippen molar-refractivity contribution in [3.05, 3.63) is 23.9 Å². The molecule has 3 N–H and O–H groups in total. The molecule has 5 rings (SSSR count). The predicted molar refractivity (Wildman–Crippen MR) is 95.0 cm³/mol. The molecule has 4 aliphatic carbocycles. The largest absolute Gasteiger partial charge is 0.369 e. The van der Waals surface area contributed by atoms with Crippen molar-refractivity contribution in [2.75, 3.05) is 19.0 Å². The Kier molecular flexibility index (Phi) is 3.74. The molecule has 0 aromatic carbocycles. The van der Waals surface area contributed by atoms with Crippen molar-refractivity contribution >= 4 is 17.6 Å². The zero-order valence-electron chi connectivity index (χ0n) is 14.9. The molecule has 0 spiro atoms. The minimum absolute atomic E-state index is 0.116. The molecule has 4 fully saturated rings. The van der Waals surface area contributed by atoms with E-state index < -0.39 is 0 Å². The van der Waals surface area contributed by atoms with E-state index in [0.717, 1.165) is 37.9 Å². The first-order valence-corrected chi connectivity index (χ1v) is 9.13. The van der Waals surface area contributed by atoms with Crippen LogP contribution in [0.3, 0.4) is 0 Å². The number of pyridine rings is 1. The SMILES string of the molecule is CN(C)c1cccc(C(=O)N[C@H]2C3CC4CC2C[C@](C(N)=O)(C4)C3)n1. The van der Waals surface area contributed by atoms with Gasteiger partial charge in [0.25, 0.3) is 5.91 Å². The highest BCUT2D eigenvalue weighted by molar-refractivity contribution is 5.93. The predicted octanol–water partition coefficient (Wildman–Crippen LogP) is 1.56. The first-order valence-electron chi connectivity index (χ1n) is 9.13. The summed E-state index contributed by atoms with van der Waals surface area (Å²) in [5, 5.41) is 3.23. The Balaban J connectivity index is 1.52. The lowest BCUT2D eigenvalue weighted by molar-refractivity contribution is -0.145. The van der Waals surface area contributed by atoms with Gasteiger partial charge in [0.15, 0.2) is 0 Å². The van der Waals surface area contributed by atoms with E-state index in [4.69, 9.17) is 5.73 Å². The number of primary amides is 1. The number of hydrogen-bond donors (Lipinski definition) is 2. The number of amides is 2. The van der Waals surface area contributed by atoms with Gasteiger partial charge in [-0.3, -0.25) is 9.59 Å². The van der Waals surface area contributed by atoms with Crippen LogP contribution in [0.2, 0.25) is 0 Å². The minimum Gasteiger partial charge on any atom is -0.369 e. The molecule has 4 aliphatic rings. The quantitative estimate of drug-likeness (QED) is 0.869. The van der Waals surface area contributed by atoms with Gasteiger partial charge >= 0.3 is 0 Å². The summed E-state index contributed by atoms with van der Waals surface area (Å²) in [6.45, 7) is 0. The Labute approximate surface area is 148 Å². The van der Waals surface area contributed by atoms with Crippen LogP contribution in [-0.4, -0.2) is 36.9 Å².